The van der Waals surface area contributed by atoms with E-state index < -0.39 is 11.9 Å². The van der Waals surface area contributed by atoms with E-state index in [1.165, 1.54) is 24.0 Å². The molecule has 2 atom stereocenters. The van der Waals surface area contributed by atoms with Gasteiger partial charge in [0.2, 0.25) is 0 Å². The number of carboxylic acids is 1. The number of aromatic nitrogens is 4. The molecule has 0 spiro atoms. The first-order valence-corrected chi connectivity index (χ1v) is 11.5. The molecular weight excluding hydrogens is 402 g/mol. The Bertz CT molecular complexity index is 997. The lowest BCUT2D eigenvalue weighted by Gasteiger charge is -2.23. The first-order chi connectivity index (χ1) is 15.7. The molecule has 0 saturated carbocycles. The number of nitrogens with zero attached hydrogens (tertiary/aromatic N) is 3. The van der Waals surface area contributed by atoms with Gasteiger partial charge in [-0.3, -0.25) is 4.79 Å². The summed E-state index contributed by atoms with van der Waals surface area (Å²) in [6.45, 7) is 4.17. The van der Waals surface area contributed by atoms with Crippen LogP contribution in [0.4, 0.5) is 0 Å². The van der Waals surface area contributed by atoms with Gasteiger partial charge in [-0.1, -0.05) is 67.1 Å². The third-order valence-electron chi connectivity index (χ3n) is 6.53. The Morgan fingerprint density at radius 1 is 1.12 bits per heavy atom. The molecule has 4 rings (SSSR count). The van der Waals surface area contributed by atoms with Gasteiger partial charge >= 0.3 is 5.97 Å². The lowest BCUT2D eigenvalue weighted by molar-refractivity contribution is -0.142. The Balaban J connectivity index is 1.55. The zero-order valence-electron chi connectivity index (χ0n) is 18.5. The maximum Gasteiger partial charge on any atom is 0.307 e. The topological polar surface area (TPSA) is 104 Å². The molecule has 2 aromatic carbocycles. The fourth-order valence-electron chi connectivity index (χ4n) is 4.78. The van der Waals surface area contributed by atoms with Crippen molar-refractivity contribution in [3.05, 3.63) is 65.5 Å². The molecule has 2 heterocycles. The summed E-state index contributed by atoms with van der Waals surface area (Å²) in [7, 11) is 0. The van der Waals surface area contributed by atoms with Crippen molar-refractivity contribution in [2.45, 2.75) is 50.9 Å². The van der Waals surface area contributed by atoms with Crippen LogP contribution in [0.15, 0.2) is 48.5 Å². The van der Waals surface area contributed by atoms with Gasteiger partial charge in [0.15, 0.2) is 5.82 Å². The maximum absolute atomic E-state index is 12.0. The van der Waals surface area contributed by atoms with Crippen LogP contribution in [0.1, 0.15) is 61.4 Å². The molecule has 1 aliphatic rings. The number of rotatable bonds is 9. The van der Waals surface area contributed by atoms with E-state index in [-0.39, 0.29) is 5.92 Å². The summed E-state index contributed by atoms with van der Waals surface area (Å²) in [5.41, 5.74) is 4.78. The van der Waals surface area contributed by atoms with Gasteiger partial charge in [-0.25, -0.2) is 0 Å². The van der Waals surface area contributed by atoms with Crippen LogP contribution in [0.3, 0.4) is 0 Å². The molecule has 0 amide bonds. The number of hydrogen-bond donors (Lipinski definition) is 3. The van der Waals surface area contributed by atoms with E-state index >= 15 is 0 Å². The molecule has 0 radical (unpaired) electrons. The van der Waals surface area contributed by atoms with Crippen LogP contribution in [0.2, 0.25) is 0 Å². The molecular formula is C25H31N5O2. The molecule has 1 fully saturated rings. The van der Waals surface area contributed by atoms with E-state index in [1.54, 1.807) is 0 Å². The van der Waals surface area contributed by atoms with Gasteiger partial charge in [0.05, 0.1) is 5.92 Å². The molecule has 3 aromatic rings. The third-order valence-corrected chi connectivity index (χ3v) is 6.53. The van der Waals surface area contributed by atoms with Crippen molar-refractivity contribution in [1.29, 1.82) is 0 Å². The van der Waals surface area contributed by atoms with E-state index in [0.717, 1.165) is 30.6 Å². The van der Waals surface area contributed by atoms with Crippen molar-refractivity contribution in [3.8, 4) is 11.1 Å². The van der Waals surface area contributed by atoms with Crippen molar-refractivity contribution in [2.24, 2.45) is 5.92 Å². The van der Waals surface area contributed by atoms with Gasteiger partial charge in [-0.15, -0.1) is 10.2 Å². The third kappa shape index (κ3) is 5.22. The number of nitrogens with one attached hydrogen (secondary N) is 2. The minimum absolute atomic E-state index is 0.330. The SMILES string of the molecule is CCC[C@H](C(=O)O)[C@H](Cc1cccc(-c2ccc(C3CCNCC3)cc2)c1)c1nn[nH]n1. The van der Waals surface area contributed by atoms with Gasteiger partial charge in [-0.2, -0.15) is 5.21 Å². The van der Waals surface area contributed by atoms with Crippen LogP contribution < -0.4 is 5.32 Å². The summed E-state index contributed by atoms with van der Waals surface area (Å²) in [6, 6.07) is 17.2. The molecule has 32 heavy (non-hydrogen) atoms. The number of carboxylic acid groups (broad SMARTS) is 1. The van der Waals surface area contributed by atoms with E-state index in [9.17, 15) is 9.90 Å². The normalized spacial score (nSPS) is 16.5. The Morgan fingerprint density at radius 3 is 2.56 bits per heavy atom. The van der Waals surface area contributed by atoms with Gasteiger partial charge < -0.3 is 10.4 Å². The molecule has 1 saturated heterocycles. The van der Waals surface area contributed by atoms with Crippen LogP contribution in [0.5, 0.6) is 0 Å². The summed E-state index contributed by atoms with van der Waals surface area (Å²) in [4.78, 5) is 12.0. The highest BCUT2D eigenvalue weighted by atomic mass is 16.4. The molecule has 0 aliphatic carbocycles. The lowest BCUT2D eigenvalue weighted by Crippen LogP contribution is -2.26. The maximum atomic E-state index is 12.0. The number of benzene rings is 2. The van der Waals surface area contributed by atoms with Crippen molar-refractivity contribution in [1.82, 2.24) is 25.9 Å². The Morgan fingerprint density at radius 2 is 1.91 bits per heavy atom. The summed E-state index contributed by atoms with van der Waals surface area (Å²) in [6.07, 6.45) is 4.29. The summed E-state index contributed by atoms with van der Waals surface area (Å²) in [5, 5.41) is 27.6. The van der Waals surface area contributed by atoms with Crippen molar-refractivity contribution < 1.29 is 9.90 Å². The predicted molar refractivity (Wildman–Crippen MR) is 123 cm³/mol. The van der Waals surface area contributed by atoms with E-state index in [4.69, 9.17) is 0 Å². The van der Waals surface area contributed by atoms with E-state index in [0.29, 0.717) is 24.6 Å². The lowest BCUT2D eigenvalue weighted by atomic mass is 9.83. The highest BCUT2D eigenvalue weighted by Gasteiger charge is 2.32. The van der Waals surface area contributed by atoms with Gasteiger partial charge in [0, 0.05) is 5.92 Å². The fraction of sp³-hybridized carbons (Fsp3) is 0.440. The predicted octanol–water partition coefficient (Wildman–Crippen LogP) is 4.16. The average Bonchev–Trinajstić information content (AvgIpc) is 3.37. The Hall–Kier alpha value is -3.06. The van der Waals surface area contributed by atoms with E-state index in [2.05, 4.69) is 62.3 Å². The molecule has 0 bridgehead atoms. The molecule has 1 aromatic heterocycles. The number of carbonyl (C=O) groups is 1. The summed E-state index contributed by atoms with van der Waals surface area (Å²) >= 11 is 0. The number of tetrazole rings is 1. The first-order valence-electron chi connectivity index (χ1n) is 11.5. The number of piperidine rings is 1. The quantitative estimate of drug-likeness (QED) is 0.468. The average molecular weight is 434 g/mol. The largest absolute Gasteiger partial charge is 0.481 e. The van der Waals surface area contributed by atoms with Crippen LogP contribution in [0, 0.1) is 5.92 Å². The Labute approximate surface area is 188 Å². The molecule has 1 aliphatic heterocycles. The Kier molecular flexibility index (Phi) is 7.27. The number of hydrogen-bond acceptors (Lipinski definition) is 5. The van der Waals surface area contributed by atoms with Crippen molar-refractivity contribution in [3.63, 3.8) is 0 Å². The highest BCUT2D eigenvalue weighted by Crippen LogP contribution is 2.32. The minimum Gasteiger partial charge on any atom is -0.481 e. The zero-order valence-corrected chi connectivity index (χ0v) is 18.5. The minimum atomic E-state index is -0.814. The number of aliphatic carboxylic acids is 1. The monoisotopic (exact) mass is 433 g/mol. The smallest absolute Gasteiger partial charge is 0.307 e. The van der Waals surface area contributed by atoms with E-state index in [1.807, 2.05) is 19.1 Å². The molecule has 3 N–H and O–H groups in total. The van der Waals surface area contributed by atoms with Crippen LogP contribution >= 0.6 is 0 Å². The first kappa shape index (κ1) is 22.1. The fourth-order valence-corrected chi connectivity index (χ4v) is 4.78. The van der Waals surface area contributed by atoms with Crippen molar-refractivity contribution >= 4 is 5.97 Å². The second-order valence-electron chi connectivity index (χ2n) is 8.66. The standard InChI is InChI=1S/C25H31N5O2/c1-2-4-22(25(31)32)23(24-27-29-30-28-24)16-17-5-3-6-21(15-17)19-9-7-18(8-10-19)20-11-13-26-14-12-20/h3,5-10,15,20,22-23,26H,2,4,11-14,16H2,1H3,(H,31,32)(H,27,28,29,30)/t22-,23-/m0/s1. The highest BCUT2D eigenvalue weighted by molar-refractivity contribution is 5.71. The molecule has 168 valence electrons. The van der Waals surface area contributed by atoms with Crippen LogP contribution in [0.25, 0.3) is 11.1 Å². The van der Waals surface area contributed by atoms with Gasteiger partial charge in [-0.05, 0) is 66.9 Å². The molecule has 7 nitrogen and oxygen atoms in total. The number of H-pyrrole nitrogens is 1. The van der Waals surface area contributed by atoms with Gasteiger partial charge in [0.25, 0.3) is 0 Å². The van der Waals surface area contributed by atoms with Crippen LogP contribution in [-0.4, -0.2) is 44.8 Å². The zero-order chi connectivity index (χ0) is 22.3. The summed E-state index contributed by atoms with van der Waals surface area (Å²) in [5.74, 6) is -0.595. The summed E-state index contributed by atoms with van der Waals surface area (Å²) < 4.78 is 0. The second kappa shape index (κ2) is 10.5. The van der Waals surface area contributed by atoms with Gasteiger partial charge in [0.1, 0.15) is 0 Å². The second-order valence-corrected chi connectivity index (χ2v) is 8.66. The number of aromatic amines is 1. The van der Waals surface area contributed by atoms with Crippen LogP contribution in [-0.2, 0) is 11.2 Å². The molecule has 7 heteroatoms. The van der Waals surface area contributed by atoms with Crippen molar-refractivity contribution in [2.75, 3.05) is 13.1 Å². The molecule has 0 unspecified atom stereocenters.